The zero-order valence-corrected chi connectivity index (χ0v) is 8.42. The van der Waals surface area contributed by atoms with Gasteiger partial charge in [0, 0.05) is 19.0 Å². The van der Waals surface area contributed by atoms with Crippen LogP contribution in [0.4, 0.5) is 0 Å². The number of H-pyrrole nitrogens is 1. The maximum atomic E-state index is 11.3. The first kappa shape index (κ1) is 9.45. The van der Waals surface area contributed by atoms with Crippen molar-refractivity contribution in [2.45, 2.75) is 38.8 Å². The summed E-state index contributed by atoms with van der Waals surface area (Å²) in [6.45, 7) is 3.64. The maximum Gasteiger partial charge on any atom is 0.343 e. The molecule has 0 aliphatic carbocycles. The van der Waals surface area contributed by atoms with Crippen molar-refractivity contribution in [3.05, 3.63) is 16.3 Å². The van der Waals surface area contributed by atoms with Gasteiger partial charge in [-0.3, -0.25) is 4.98 Å². The lowest BCUT2D eigenvalue weighted by Crippen LogP contribution is -2.24. The second-order valence-electron chi connectivity index (χ2n) is 3.69. The lowest BCUT2D eigenvalue weighted by atomic mass is 10.1. The van der Waals surface area contributed by atoms with E-state index in [1.807, 2.05) is 6.92 Å². The number of rotatable bonds is 3. The van der Waals surface area contributed by atoms with Crippen LogP contribution in [0.15, 0.2) is 4.79 Å². The van der Waals surface area contributed by atoms with Gasteiger partial charge in [-0.05, 0) is 26.3 Å². The van der Waals surface area contributed by atoms with E-state index in [0.29, 0.717) is 12.6 Å². The molecule has 2 N–H and O–H groups in total. The molecule has 14 heavy (non-hydrogen) atoms. The Kier molecular flexibility index (Phi) is 2.67. The van der Waals surface area contributed by atoms with Crippen molar-refractivity contribution in [3.8, 4) is 0 Å². The van der Waals surface area contributed by atoms with Crippen molar-refractivity contribution in [3.63, 3.8) is 0 Å². The number of hydrogen-bond donors (Lipinski definition) is 2. The fraction of sp³-hybridized carbons (Fsp3) is 0.778. The van der Waals surface area contributed by atoms with Gasteiger partial charge in [0.25, 0.3) is 0 Å². The highest BCUT2D eigenvalue weighted by Crippen LogP contribution is 2.08. The van der Waals surface area contributed by atoms with Gasteiger partial charge in [0.2, 0.25) is 0 Å². The van der Waals surface area contributed by atoms with Crippen LogP contribution in [0.2, 0.25) is 0 Å². The Hall–Kier alpha value is -1.10. The maximum absolute atomic E-state index is 11.3. The van der Waals surface area contributed by atoms with Crippen LogP contribution in [0.1, 0.15) is 25.6 Å². The van der Waals surface area contributed by atoms with Crippen molar-refractivity contribution >= 4 is 0 Å². The van der Waals surface area contributed by atoms with Crippen LogP contribution in [-0.4, -0.2) is 27.4 Å². The van der Waals surface area contributed by atoms with E-state index in [0.717, 1.165) is 18.8 Å². The van der Waals surface area contributed by atoms with Crippen molar-refractivity contribution in [1.82, 2.24) is 20.1 Å². The molecule has 0 radical (unpaired) electrons. The van der Waals surface area contributed by atoms with Gasteiger partial charge in [0.15, 0.2) is 0 Å². The molecule has 0 aromatic carbocycles. The first-order chi connectivity index (χ1) is 6.79. The summed E-state index contributed by atoms with van der Waals surface area (Å²) in [5.74, 6) is 0.802. The summed E-state index contributed by atoms with van der Waals surface area (Å²) in [5, 5.41) is 7.58. The summed E-state index contributed by atoms with van der Waals surface area (Å²) in [7, 11) is 0. The lowest BCUT2D eigenvalue weighted by molar-refractivity contribution is 0.571. The number of nitrogens with zero attached hydrogens (tertiary/aromatic N) is 2. The van der Waals surface area contributed by atoms with Crippen molar-refractivity contribution in [2.75, 3.05) is 6.54 Å². The number of aryl methyl sites for hydroxylation is 1. The van der Waals surface area contributed by atoms with E-state index >= 15 is 0 Å². The van der Waals surface area contributed by atoms with Gasteiger partial charge in [0.1, 0.15) is 5.82 Å². The molecule has 1 aromatic rings. The molecule has 1 saturated heterocycles. The Bertz CT molecular complexity index is 348. The standard InChI is InChI=1S/C9H16N4O/c1-2-13-9(14)11-8(12-13)6-7-4-3-5-10-7/h7,10H,2-6H2,1H3,(H,11,12,14). The smallest absolute Gasteiger partial charge is 0.314 e. The summed E-state index contributed by atoms with van der Waals surface area (Å²) in [5.41, 5.74) is -0.0968. The van der Waals surface area contributed by atoms with Crippen molar-refractivity contribution in [2.24, 2.45) is 0 Å². The van der Waals surface area contributed by atoms with Crippen LogP contribution >= 0.6 is 0 Å². The highest BCUT2D eigenvalue weighted by molar-refractivity contribution is 4.90. The normalized spacial score (nSPS) is 21.6. The predicted molar refractivity (Wildman–Crippen MR) is 53.3 cm³/mol. The zero-order chi connectivity index (χ0) is 9.97. The van der Waals surface area contributed by atoms with Gasteiger partial charge in [-0.1, -0.05) is 0 Å². The van der Waals surface area contributed by atoms with Crippen LogP contribution in [0, 0.1) is 0 Å². The van der Waals surface area contributed by atoms with Crippen LogP contribution < -0.4 is 11.0 Å². The van der Waals surface area contributed by atoms with Crippen LogP contribution in [-0.2, 0) is 13.0 Å². The number of nitrogens with one attached hydrogen (secondary N) is 2. The topological polar surface area (TPSA) is 62.7 Å². The average Bonchev–Trinajstić information content (AvgIpc) is 2.76. The zero-order valence-electron chi connectivity index (χ0n) is 8.42. The summed E-state index contributed by atoms with van der Waals surface area (Å²) < 4.78 is 1.46. The molecule has 1 aliphatic heterocycles. The summed E-state index contributed by atoms with van der Waals surface area (Å²) in [6, 6.07) is 0.492. The fourth-order valence-corrected chi connectivity index (χ4v) is 1.87. The molecule has 2 heterocycles. The molecular formula is C9H16N4O. The molecule has 1 fully saturated rings. The first-order valence-electron chi connectivity index (χ1n) is 5.19. The van der Waals surface area contributed by atoms with E-state index in [2.05, 4.69) is 15.4 Å². The minimum absolute atomic E-state index is 0.0968. The van der Waals surface area contributed by atoms with E-state index in [1.165, 1.54) is 17.5 Å². The summed E-state index contributed by atoms with van der Waals surface area (Å²) in [6.07, 6.45) is 3.24. The highest BCUT2D eigenvalue weighted by atomic mass is 16.1. The van der Waals surface area contributed by atoms with Crippen LogP contribution in [0.3, 0.4) is 0 Å². The van der Waals surface area contributed by atoms with E-state index in [9.17, 15) is 4.79 Å². The largest absolute Gasteiger partial charge is 0.343 e. The second kappa shape index (κ2) is 3.96. The molecular weight excluding hydrogens is 180 g/mol. The molecule has 0 spiro atoms. The molecule has 2 rings (SSSR count). The fourth-order valence-electron chi connectivity index (χ4n) is 1.87. The second-order valence-corrected chi connectivity index (χ2v) is 3.69. The Morgan fingerprint density at radius 1 is 1.64 bits per heavy atom. The minimum atomic E-state index is -0.0968. The van der Waals surface area contributed by atoms with Gasteiger partial charge < -0.3 is 5.32 Å². The molecule has 1 unspecified atom stereocenters. The summed E-state index contributed by atoms with van der Waals surface area (Å²) >= 11 is 0. The summed E-state index contributed by atoms with van der Waals surface area (Å²) in [4.78, 5) is 14.0. The van der Waals surface area contributed by atoms with Crippen molar-refractivity contribution in [1.29, 1.82) is 0 Å². The third-order valence-corrected chi connectivity index (χ3v) is 2.63. The third kappa shape index (κ3) is 1.87. The Morgan fingerprint density at radius 3 is 3.07 bits per heavy atom. The minimum Gasteiger partial charge on any atom is -0.314 e. The number of hydrogen-bond acceptors (Lipinski definition) is 3. The van der Waals surface area contributed by atoms with E-state index in [4.69, 9.17) is 0 Å². The average molecular weight is 196 g/mol. The molecule has 5 nitrogen and oxygen atoms in total. The molecule has 5 heteroatoms. The molecule has 1 aromatic heterocycles. The molecule has 78 valence electrons. The molecule has 0 saturated carbocycles. The van der Waals surface area contributed by atoms with Crippen molar-refractivity contribution < 1.29 is 0 Å². The molecule has 1 aliphatic rings. The predicted octanol–water partition coefficient (Wildman–Crippen LogP) is -0.114. The van der Waals surface area contributed by atoms with Gasteiger partial charge in [-0.2, -0.15) is 5.10 Å². The van der Waals surface area contributed by atoms with E-state index < -0.39 is 0 Å². The Balaban J connectivity index is 2.05. The van der Waals surface area contributed by atoms with Gasteiger partial charge in [-0.25, -0.2) is 9.48 Å². The molecule has 1 atom stereocenters. The quantitative estimate of drug-likeness (QED) is 0.708. The Labute approximate surface area is 82.5 Å². The van der Waals surface area contributed by atoms with Gasteiger partial charge >= 0.3 is 5.69 Å². The number of aromatic amines is 1. The number of aromatic nitrogens is 3. The van der Waals surface area contributed by atoms with E-state index in [1.54, 1.807) is 0 Å². The van der Waals surface area contributed by atoms with E-state index in [-0.39, 0.29) is 5.69 Å². The lowest BCUT2D eigenvalue weighted by Gasteiger charge is -2.05. The molecule has 0 amide bonds. The van der Waals surface area contributed by atoms with Gasteiger partial charge in [0.05, 0.1) is 0 Å². The Morgan fingerprint density at radius 2 is 2.50 bits per heavy atom. The first-order valence-corrected chi connectivity index (χ1v) is 5.19. The van der Waals surface area contributed by atoms with Crippen LogP contribution in [0.25, 0.3) is 0 Å². The highest BCUT2D eigenvalue weighted by Gasteiger charge is 2.16. The third-order valence-electron chi connectivity index (χ3n) is 2.63. The SMILES string of the molecule is CCn1nc(CC2CCCN2)[nH]c1=O. The monoisotopic (exact) mass is 196 g/mol. The van der Waals surface area contributed by atoms with Crippen LogP contribution in [0.5, 0.6) is 0 Å². The molecule has 0 bridgehead atoms. The van der Waals surface area contributed by atoms with Gasteiger partial charge in [-0.15, -0.1) is 0 Å².